The Morgan fingerprint density at radius 2 is 1.82 bits per heavy atom. The summed E-state index contributed by atoms with van der Waals surface area (Å²) in [6, 6.07) is 10.6. The first kappa shape index (κ1) is 35.9. The highest BCUT2D eigenvalue weighted by Crippen LogP contribution is 2.46. The van der Waals surface area contributed by atoms with E-state index in [1.165, 1.54) is 4.90 Å². The third-order valence-corrected chi connectivity index (χ3v) is 10.3. The third kappa shape index (κ3) is 7.72. The van der Waals surface area contributed by atoms with E-state index in [-0.39, 0.29) is 49.5 Å². The smallest absolute Gasteiger partial charge is 0.408 e. The van der Waals surface area contributed by atoms with Crippen LogP contribution in [0.3, 0.4) is 0 Å². The first-order valence-corrected chi connectivity index (χ1v) is 17.7. The van der Waals surface area contributed by atoms with Crippen molar-refractivity contribution in [3.05, 3.63) is 60.3 Å². The number of carbonyl (C=O) groups is 5. The van der Waals surface area contributed by atoms with Gasteiger partial charge in [-0.1, -0.05) is 43.2 Å². The van der Waals surface area contributed by atoms with Crippen molar-refractivity contribution >= 4 is 29.8 Å². The predicted octanol–water partition coefficient (Wildman–Crippen LogP) is 4.03. The molecule has 4 amide bonds. The number of fused-ring (bicyclic) bond motifs is 4. The van der Waals surface area contributed by atoms with Crippen LogP contribution in [0.25, 0.3) is 11.3 Å². The maximum absolute atomic E-state index is 14.4. The van der Waals surface area contributed by atoms with Crippen LogP contribution in [0.1, 0.15) is 69.8 Å². The summed E-state index contributed by atoms with van der Waals surface area (Å²) in [7, 11) is 1.58. The average molecular weight is 702 g/mol. The van der Waals surface area contributed by atoms with E-state index in [2.05, 4.69) is 15.6 Å². The number of pyridine rings is 1. The number of carbonyl (C=O) groups excluding carboxylic acids is 4. The van der Waals surface area contributed by atoms with Gasteiger partial charge in [-0.3, -0.25) is 14.4 Å². The van der Waals surface area contributed by atoms with Gasteiger partial charge in [0.15, 0.2) is 0 Å². The molecule has 0 radical (unpaired) electrons. The molecule has 4 aliphatic rings. The fourth-order valence-electron chi connectivity index (χ4n) is 7.64. The molecule has 3 fully saturated rings. The van der Waals surface area contributed by atoms with Crippen LogP contribution in [0.15, 0.2) is 54.6 Å². The highest BCUT2D eigenvalue weighted by atomic mass is 16.6. The van der Waals surface area contributed by atoms with Crippen LogP contribution in [-0.2, 0) is 19.1 Å². The van der Waals surface area contributed by atoms with Crippen LogP contribution in [-0.4, -0.2) is 99.6 Å². The van der Waals surface area contributed by atoms with Crippen LogP contribution >= 0.6 is 0 Å². The highest BCUT2D eigenvalue weighted by molar-refractivity contribution is 5.97. The Balaban J connectivity index is 1.27. The number of alkyl carbamates (subject to hydrolysis) is 1. The van der Waals surface area contributed by atoms with Gasteiger partial charge >= 0.3 is 12.1 Å². The molecule has 2 saturated heterocycles. The minimum Gasteiger partial charge on any atom is -0.497 e. The van der Waals surface area contributed by atoms with Gasteiger partial charge in [0, 0.05) is 43.0 Å². The maximum atomic E-state index is 14.4. The van der Waals surface area contributed by atoms with Crippen molar-refractivity contribution in [1.29, 1.82) is 0 Å². The molecule has 3 N–H and O–H groups in total. The molecule has 4 heterocycles. The zero-order valence-electron chi connectivity index (χ0n) is 29.6. The van der Waals surface area contributed by atoms with Crippen molar-refractivity contribution in [2.24, 2.45) is 17.8 Å². The molecule has 3 aliphatic heterocycles. The normalized spacial score (nSPS) is 28.6. The number of allylic oxidation sites excluding steroid dienone is 1. The average Bonchev–Trinajstić information content (AvgIpc) is 3.44. The van der Waals surface area contributed by atoms with E-state index in [4.69, 9.17) is 9.47 Å². The van der Waals surface area contributed by atoms with Gasteiger partial charge in [-0.05, 0) is 70.7 Å². The Labute approximate surface area is 297 Å². The van der Waals surface area contributed by atoms with E-state index < -0.39 is 53.0 Å². The summed E-state index contributed by atoms with van der Waals surface area (Å²) < 4.78 is 10.8. The first-order chi connectivity index (χ1) is 24.3. The molecule has 13 nitrogen and oxygen atoms in total. The van der Waals surface area contributed by atoms with Crippen LogP contribution in [0, 0.1) is 17.8 Å². The van der Waals surface area contributed by atoms with Crippen LogP contribution < -0.4 is 15.4 Å². The van der Waals surface area contributed by atoms with Crippen LogP contribution in [0.4, 0.5) is 4.79 Å². The second-order valence-electron chi connectivity index (χ2n) is 15.1. The molecule has 51 heavy (non-hydrogen) atoms. The topological polar surface area (TPSA) is 167 Å². The number of carboxylic acid groups (broad SMARTS) is 1. The first-order valence-electron chi connectivity index (χ1n) is 17.7. The molecule has 1 aromatic carbocycles. The monoisotopic (exact) mass is 701 g/mol. The number of benzene rings is 1. The lowest BCUT2D eigenvalue weighted by molar-refractivity contribution is -0.146. The summed E-state index contributed by atoms with van der Waals surface area (Å²) in [5, 5.41) is 15.8. The van der Waals surface area contributed by atoms with Gasteiger partial charge < -0.3 is 35.0 Å². The van der Waals surface area contributed by atoms with Crippen molar-refractivity contribution in [2.75, 3.05) is 26.7 Å². The van der Waals surface area contributed by atoms with E-state index in [1.54, 1.807) is 44.9 Å². The van der Waals surface area contributed by atoms with Gasteiger partial charge in [0.25, 0.3) is 5.91 Å². The lowest BCUT2D eigenvalue weighted by Gasteiger charge is -2.33. The quantitative estimate of drug-likeness (QED) is 0.390. The Bertz CT molecular complexity index is 1720. The van der Waals surface area contributed by atoms with E-state index in [0.717, 1.165) is 24.8 Å². The van der Waals surface area contributed by atoms with Gasteiger partial charge in [0.05, 0.1) is 12.8 Å². The number of hydrogen-bond donors (Lipinski definition) is 3. The summed E-state index contributed by atoms with van der Waals surface area (Å²) in [6.07, 6.45) is 6.72. The molecular formula is C38H47N5O8. The number of amides is 4. The number of nitrogens with one attached hydrogen (secondary N) is 2. The number of likely N-dealkylation sites (tertiary alicyclic amines) is 1. The summed E-state index contributed by atoms with van der Waals surface area (Å²) in [5.74, 6) is -2.85. The Morgan fingerprint density at radius 1 is 1.04 bits per heavy atom. The summed E-state index contributed by atoms with van der Waals surface area (Å²) in [5.41, 5.74) is -0.607. The number of aliphatic carboxylic acids is 1. The third-order valence-electron chi connectivity index (χ3n) is 10.3. The molecule has 0 unspecified atom stereocenters. The molecule has 0 bridgehead atoms. The summed E-state index contributed by atoms with van der Waals surface area (Å²) >= 11 is 0. The Kier molecular flexibility index (Phi) is 10.1. The highest BCUT2D eigenvalue weighted by Gasteiger charge is 2.62. The van der Waals surface area contributed by atoms with Crippen molar-refractivity contribution < 1.29 is 38.6 Å². The van der Waals surface area contributed by atoms with Crippen LogP contribution in [0.5, 0.6) is 5.75 Å². The molecule has 272 valence electrons. The number of nitrogens with zero attached hydrogens (tertiary/aromatic N) is 3. The fourth-order valence-corrected chi connectivity index (χ4v) is 7.64. The minimum absolute atomic E-state index is 0.165. The zero-order valence-corrected chi connectivity index (χ0v) is 29.6. The van der Waals surface area contributed by atoms with E-state index in [1.807, 2.05) is 42.5 Å². The predicted molar refractivity (Wildman–Crippen MR) is 187 cm³/mol. The molecule has 1 saturated carbocycles. The lowest BCUT2D eigenvalue weighted by Crippen LogP contribution is -2.58. The van der Waals surface area contributed by atoms with Gasteiger partial charge in [0.2, 0.25) is 11.8 Å². The number of ether oxygens (including phenoxy) is 2. The van der Waals surface area contributed by atoms with E-state index >= 15 is 0 Å². The fraction of sp³-hybridized carbons (Fsp3) is 0.526. The molecule has 13 heteroatoms. The zero-order chi connectivity index (χ0) is 36.5. The summed E-state index contributed by atoms with van der Waals surface area (Å²) in [4.78, 5) is 75.7. The molecule has 6 atom stereocenters. The molecule has 2 aromatic rings. The lowest BCUT2D eigenvalue weighted by atomic mass is 9.93. The Morgan fingerprint density at radius 3 is 2.57 bits per heavy atom. The van der Waals surface area contributed by atoms with Gasteiger partial charge in [-0.15, -0.1) is 0 Å². The molecular weight excluding hydrogens is 654 g/mol. The van der Waals surface area contributed by atoms with Crippen molar-refractivity contribution in [3.63, 3.8) is 0 Å². The summed E-state index contributed by atoms with van der Waals surface area (Å²) in [6.45, 7) is 5.83. The SMILES string of the molecule is COc1cccc(-c2cccc(C(=O)N3C[C@H]4CN5C(=O)[C@H](NC(=O)OC(C)(C)C)CCCCC/C=C\[C@@H]6C[C@@]6(C(=O)O)NC(=O)[C@@H]5[C@H]4C3)n2)c1. The van der Waals surface area contributed by atoms with Crippen molar-refractivity contribution in [2.45, 2.75) is 82.5 Å². The minimum atomic E-state index is -1.46. The molecule has 1 aliphatic carbocycles. The standard InChI is InChI=1S/C38H47N5O8/c1-37(2,3)51-36(49)40-30-15-9-7-5-6-8-13-25-19-38(25,35(47)48)41-32(44)31-27-22-42(20-24(27)21-43(31)34(30)46)33(45)29-17-11-16-28(39-29)23-12-10-14-26(18-23)50-4/h8,10-14,16-18,24-25,27,30-31H,5-7,9,15,19-22H2,1-4H3,(H,40,49)(H,41,44)(H,47,48)/b13-8-/t24-,25+,27-,30+,31-,38+/m0/s1. The number of carboxylic acids is 1. The second kappa shape index (κ2) is 14.4. The maximum Gasteiger partial charge on any atom is 0.408 e. The van der Waals surface area contributed by atoms with E-state index in [0.29, 0.717) is 24.3 Å². The molecule has 1 aromatic heterocycles. The largest absolute Gasteiger partial charge is 0.497 e. The van der Waals surface area contributed by atoms with E-state index in [9.17, 15) is 29.1 Å². The second-order valence-corrected chi connectivity index (χ2v) is 15.1. The Hall–Kier alpha value is -4.94. The van der Waals surface area contributed by atoms with Gasteiger partial charge in [-0.25, -0.2) is 14.6 Å². The van der Waals surface area contributed by atoms with Gasteiger partial charge in [0.1, 0.15) is 34.7 Å². The number of rotatable bonds is 5. The van der Waals surface area contributed by atoms with Crippen LogP contribution in [0.2, 0.25) is 0 Å². The van der Waals surface area contributed by atoms with Gasteiger partial charge in [-0.2, -0.15) is 0 Å². The number of hydrogen-bond acceptors (Lipinski definition) is 8. The number of aromatic nitrogens is 1. The van der Waals surface area contributed by atoms with Crippen molar-refractivity contribution in [3.8, 4) is 17.0 Å². The number of methoxy groups -OCH3 is 1. The van der Waals surface area contributed by atoms with Crippen molar-refractivity contribution in [1.82, 2.24) is 25.4 Å². The molecule has 0 spiro atoms. The molecule has 6 rings (SSSR count).